The summed E-state index contributed by atoms with van der Waals surface area (Å²) in [5.41, 5.74) is 5.64. The molecule has 0 bridgehead atoms. The van der Waals surface area contributed by atoms with Crippen LogP contribution in [0, 0.1) is 0 Å². The molecule has 0 aromatic heterocycles. The zero-order valence-corrected chi connectivity index (χ0v) is 13.6. The van der Waals surface area contributed by atoms with Crippen molar-refractivity contribution in [2.75, 3.05) is 13.1 Å². The molecule has 1 saturated heterocycles. The third-order valence-corrected chi connectivity index (χ3v) is 5.26. The van der Waals surface area contributed by atoms with Crippen LogP contribution in [0.3, 0.4) is 0 Å². The normalized spacial score (nSPS) is 18.2. The van der Waals surface area contributed by atoms with Gasteiger partial charge in [0.15, 0.2) is 0 Å². The molecule has 22 heavy (non-hydrogen) atoms. The topological polar surface area (TPSA) is 92.5 Å². The second-order valence-electron chi connectivity index (χ2n) is 5.77. The van der Waals surface area contributed by atoms with Crippen LogP contribution < -0.4 is 10.5 Å². The molecule has 1 aliphatic heterocycles. The van der Waals surface area contributed by atoms with E-state index in [4.69, 9.17) is 5.73 Å². The Morgan fingerprint density at radius 3 is 2.45 bits per heavy atom. The van der Waals surface area contributed by atoms with Crippen LogP contribution in [0.1, 0.15) is 26.2 Å². The standard InChI is InChI=1S/C15H23N3O3S/c1-12(16)11-15(19)18-9-7-13(8-10-18)17-22(20,21)14-5-3-2-4-6-14/h2-6,12-13,17H,7-11,16H2,1H3. The highest BCUT2D eigenvalue weighted by atomic mass is 32.2. The fourth-order valence-corrected chi connectivity index (χ4v) is 3.86. The molecule has 122 valence electrons. The average molecular weight is 325 g/mol. The highest BCUT2D eigenvalue weighted by Crippen LogP contribution is 2.15. The molecule has 7 heteroatoms. The van der Waals surface area contributed by atoms with Crippen molar-refractivity contribution in [1.29, 1.82) is 0 Å². The van der Waals surface area contributed by atoms with Crippen molar-refractivity contribution >= 4 is 15.9 Å². The van der Waals surface area contributed by atoms with E-state index in [9.17, 15) is 13.2 Å². The Hall–Kier alpha value is -1.44. The number of nitrogens with two attached hydrogens (primary N) is 1. The Kier molecular flexibility index (Phi) is 5.55. The van der Waals surface area contributed by atoms with Crippen molar-refractivity contribution in [3.63, 3.8) is 0 Å². The molecule has 1 atom stereocenters. The summed E-state index contributed by atoms with van der Waals surface area (Å²) < 4.78 is 27.2. The van der Waals surface area contributed by atoms with Gasteiger partial charge in [0.1, 0.15) is 0 Å². The lowest BCUT2D eigenvalue weighted by Gasteiger charge is -2.32. The summed E-state index contributed by atoms with van der Waals surface area (Å²) in [5.74, 6) is 0.0411. The molecule has 1 heterocycles. The monoisotopic (exact) mass is 325 g/mol. The summed E-state index contributed by atoms with van der Waals surface area (Å²) in [6.07, 6.45) is 1.58. The molecule has 1 unspecified atom stereocenters. The number of hydrogen-bond donors (Lipinski definition) is 2. The van der Waals surface area contributed by atoms with Gasteiger partial charge in [0, 0.05) is 31.6 Å². The summed E-state index contributed by atoms with van der Waals surface area (Å²) in [5, 5.41) is 0. The lowest BCUT2D eigenvalue weighted by atomic mass is 10.1. The summed E-state index contributed by atoms with van der Waals surface area (Å²) in [7, 11) is -3.49. The number of hydrogen-bond acceptors (Lipinski definition) is 4. The number of rotatable bonds is 5. The molecule has 0 aliphatic carbocycles. The van der Waals surface area contributed by atoms with Crippen molar-refractivity contribution in [1.82, 2.24) is 9.62 Å². The van der Waals surface area contributed by atoms with Gasteiger partial charge in [-0.05, 0) is 31.9 Å². The van der Waals surface area contributed by atoms with Gasteiger partial charge < -0.3 is 10.6 Å². The Bertz CT molecular complexity index is 594. The highest BCUT2D eigenvalue weighted by Gasteiger charge is 2.26. The van der Waals surface area contributed by atoms with Crippen molar-refractivity contribution in [2.24, 2.45) is 5.73 Å². The quantitative estimate of drug-likeness (QED) is 0.833. The predicted molar refractivity (Wildman–Crippen MR) is 84.6 cm³/mol. The molecular formula is C15H23N3O3S. The van der Waals surface area contributed by atoms with Gasteiger partial charge in [-0.25, -0.2) is 13.1 Å². The van der Waals surface area contributed by atoms with E-state index in [1.165, 1.54) is 0 Å². The molecule has 3 N–H and O–H groups in total. The van der Waals surface area contributed by atoms with Crippen molar-refractivity contribution < 1.29 is 13.2 Å². The third-order valence-electron chi connectivity index (χ3n) is 3.72. The first kappa shape index (κ1) is 16.9. The van der Waals surface area contributed by atoms with Crippen LogP contribution in [0.4, 0.5) is 0 Å². The van der Waals surface area contributed by atoms with E-state index in [1.807, 2.05) is 0 Å². The van der Waals surface area contributed by atoms with E-state index in [0.717, 1.165) is 0 Å². The minimum absolute atomic E-state index is 0.0411. The van der Waals surface area contributed by atoms with E-state index >= 15 is 0 Å². The first-order valence-corrected chi connectivity index (χ1v) is 8.97. The number of piperidine rings is 1. The lowest BCUT2D eigenvalue weighted by Crippen LogP contribution is -2.47. The lowest BCUT2D eigenvalue weighted by molar-refractivity contribution is -0.132. The van der Waals surface area contributed by atoms with E-state index in [-0.39, 0.29) is 22.9 Å². The molecule has 1 aliphatic rings. The maximum atomic E-state index is 12.3. The highest BCUT2D eigenvalue weighted by molar-refractivity contribution is 7.89. The van der Waals surface area contributed by atoms with Crippen LogP contribution in [-0.2, 0) is 14.8 Å². The number of nitrogens with one attached hydrogen (secondary N) is 1. The molecule has 1 aromatic rings. The van der Waals surface area contributed by atoms with Gasteiger partial charge in [-0.15, -0.1) is 0 Å². The van der Waals surface area contributed by atoms with Crippen LogP contribution in [-0.4, -0.2) is 44.4 Å². The van der Waals surface area contributed by atoms with Crippen LogP contribution in [0.2, 0.25) is 0 Å². The van der Waals surface area contributed by atoms with Crippen molar-refractivity contribution in [3.05, 3.63) is 30.3 Å². The van der Waals surface area contributed by atoms with Gasteiger partial charge in [0.05, 0.1) is 4.90 Å². The minimum Gasteiger partial charge on any atom is -0.343 e. The molecule has 6 nitrogen and oxygen atoms in total. The maximum absolute atomic E-state index is 12.3. The Morgan fingerprint density at radius 1 is 1.32 bits per heavy atom. The number of likely N-dealkylation sites (tertiary alicyclic amines) is 1. The first-order chi connectivity index (χ1) is 10.4. The number of carbonyl (C=O) groups excluding carboxylic acids is 1. The van der Waals surface area contributed by atoms with Gasteiger partial charge in [-0.1, -0.05) is 18.2 Å². The van der Waals surface area contributed by atoms with Crippen LogP contribution >= 0.6 is 0 Å². The molecular weight excluding hydrogens is 302 g/mol. The van der Waals surface area contributed by atoms with Gasteiger partial charge in [0.2, 0.25) is 15.9 Å². The summed E-state index contributed by atoms with van der Waals surface area (Å²) in [4.78, 5) is 14.0. The molecule has 2 rings (SSSR count). The zero-order valence-electron chi connectivity index (χ0n) is 12.7. The zero-order chi connectivity index (χ0) is 16.2. The number of sulfonamides is 1. The van der Waals surface area contributed by atoms with Gasteiger partial charge in [-0.3, -0.25) is 4.79 Å². The third kappa shape index (κ3) is 4.53. The fraction of sp³-hybridized carbons (Fsp3) is 0.533. The number of carbonyl (C=O) groups is 1. The van der Waals surface area contributed by atoms with E-state index < -0.39 is 10.0 Å². The predicted octanol–water partition coefficient (Wildman–Crippen LogP) is 0.693. The SMILES string of the molecule is CC(N)CC(=O)N1CCC(NS(=O)(=O)c2ccccc2)CC1. The Morgan fingerprint density at radius 2 is 1.91 bits per heavy atom. The Balaban J connectivity index is 1.89. The molecule has 1 amide bonds. The van der Waals surface area contributed by atoms with E-state index in [0.29, 0.717) is 32.4 Å². The molecule has 1 fully saturated rings. The summed E-state index contributed by atoms with van der Waals surface area (Å²) in [6, 6.07) is 8.04. The molecule has 0 radical (unpaired) electrons. The molecule has 1 aromatic carbocycles. The summed E-state index contributed by atoms with van der Waals surface area (Å²) >= 11 is 0. The number of nitrogens with zero attached hydrogens (tertiary/aromatic N) is 1. The van der Waals surface area contributed by atoms with Crippen LogP contribution in [0.5, 0.6) is 0 Å². The van der Waals surface area contributed by atoms with Crippen molar-refractivity contribution in [3.8, 4) is 0 Å². The second-order valence-corrected chi connectivity index (χ2v) is 7.48. The average Bonchev–Trinajstić information content (AvgIpc) is 2.48. The van der Waals surface area contributed by atoms with Gasteiger partial charge >= 0.3 is 0 Å². The summed E-state index contributed by atoms with van der Waals surface area (Å²) in [6.45, 7) is 2.93. The maximum Gasteiger partial charge on any atom is 0.240 e. The van der Waals surface area contributed by atoms with E-state index in [2.05, 4.69) is 4.72 Å². The van der Waals surface area contributed by atoms with Gasteiger partial charge in [0.25, 0.3) is 0 Å². The molecule has 0 spiro atoms. The Labute approximate surface area is 131 Å². The number of amides is 1. The van der Waals surface area contributed by atoms with E-state index in [1.54, 1.807) is 42.2 Å². The largest absolute Gasteiger partial charge is 0.343 e. The van der Waals surface area contributed by atoms with Crippen LogP contribution in [0.15, 0.2) is 35.2 Å². The second kappa shape index (κ2) is 7.21. The van der Waals surface area contributed by atoms with Crippen LogP contribution in [0.25, 0.3) is 0 Å². The smallest absolute Gasteiger partial charge is 0.240 e. The van der Waals surface area contributed by atoms with Gasteiger partial charge in [-0.2, -0.15) is 0 Å². The minimum atomic E-state index is -3.49. The van der Waals surface area contributed by atoms with Crippen molar-refractivity contribution in [2.45, 2.75) is 43.2 Å². The first-order valence-electron chi connectivity index (χ1n) is 7.49. The fourth-order valence-electron chi connectivity index (χ4n) is 2.54. The molecule has 0 saturated carbocycles. The number of benzene rings is 1.